The maximum absolute atomic E-state index is 9.10. The van der Waals surface area contributed by atoms with Crippen molar-refractivity contribution in [2.45, 2.75) is 26.5 Å². The first-order valence-corrected chi connectivity index (χ1v) is 5.35. The molecule has 0 saturated carbocycles. The van der Waals surface area contributed by atoms with E-state index in [0.717, 1.165) is 30.2 Å². The van der Waals surface area contributed by atoms with Gasteiger partial charge in [-0.1, -0.05) is 6.07 Å². The summed E-state index contributed by atoms with van der Waals surface area (Å²) in [5.74, 6) is 0.923. The number of benzene rings is 1. The molecule has 3 heteroatoms. The zero-order chi connectivity index (χ0) is 10.8. The smallest absolute Gasteiger partial charge is 0.142 e. The monoisotopic (exact) mass is 207 g/mol. The number of fused-ring (bicyclic) bond motifs is 1. The molecule has 0 spiro atoms. The van der Waals surface area contributed by atoms with Gasteiger partial charge in [-0.25, -0.2) is 0 Å². The van der Waals surface area contributed by atoms with Crippen LogP contribution in [0.4, 0.5) is 5.69 Å². The van der Waals surface area contributed by atoms with Crippen molar-refractivity contribution in [2.24, 2.45) is 0 Å². The first-order valence-electron chi connectivity index (χ1n) is 5.35. The minimum atomic E-state index is 0.0826. The number of aliphatic hydroxyl groups excluding tert-OH is 1. The average Bonchev–Trinajstić information content (AvgIpc) is 2.27. The van der Waals surface area contributed by atoms with Gasteiger partial charge in [-0.15, -0.1) is 0 Å². The molecule has 0 aliphatic carbocycles. The van der Waals surface area contributed by atoms with Gasteiger partial charge in [0.25, 0.3) is 0 Å². The Kier molecular flexibility index (Phi) is 2.82. The van der Waals surface area contributed by atoms with E-state index >= 15 is 0 Å². The number of aliphatic hydroxyl groups is 1. The summed E-state index contributed by atoms with van der Waals surface area (Å²) >= 11 is 0. The summed E-state index contributed by atoms with van der Waals surface area (Å²) in [6, 6.07) is 6.31. The fourth-order valence-corrected chi connectivity index (χ4v) is 1.92. The van der Waals surface area contributed by atoms with Crippen LogP contribution in [0.15, 0.2) is 18.2 Å². The van der Waals surface area contributed by atoms with Crippen LogP contribution in [0.3, 0.4) is 0 Å². The molecule has 1 N–H and O–H groups in total. The van der Waals surface area contributed by atoms with Crippen LogP contribution in [-0.4, -0.2) is 24.3 Å². The highest BCUT2D eigenvalue weighted by Gasteiger charge is 2.20. The van der Waals surface area contributed by atoms with Crippen LogP contribution in [0.5, 0.6) is 5.75 Å². The van der Waals surface area contributed by atoms with Crippen molar-refractivity contribution < 1.29 is 9.84 Å². The Morgan fingerprint density at radius 3 is 2.93 bits per heavy atom. The minimum Gasteiger partial charge on any atom is -0.490 e. The van der Waals surface area contributed by atoms with Crippen molar-refractivity contribution in [2.75, 3.05) is 18.1 Å². The van der Waals surface area contributed by atoms with E-state index in [1.54, 1.807) is 0 Å². The van der Waals surface area contributed by atoms with Crippen LogP contribution in [0.2, 0.25) is 0 Å². The zero-order valence-electron chi connectivity index (χ0n) is 9.23. The van der Waals surface area contributed by atoms with Gasteiger partial charge in [-0.2, -0.15) is 0 Å². The molecule has 1 aliphatic rings. The summed E-state index contributed by atoms with van der Waals surface area (Å²) < 4.78 is 5.58. The lowest BCUT2D eigenvalue weighted by Crippen LogP contribution is -2.37. The Hall–Kier alpha value is -1.22. The lowest BCUT2D eigenvalue weighted by atomic mass is 10.1. The Morgan fingerprint density at radius 1 is 1.47 bits per heavy atom. The summed E-state index contributed by atoms with van der Waals surface area (Å²) in [5, 5.41) is 9.10. The van der Waals surface area contributed by atoms with Crippen molar-refractivity contribution in [1.82, 2.24) is 0 Å². The summed E-state index contributed by atoms with van der Waals surface area (Å²) in [7, 11) is 0. The van der Waals surface area contributed by atoms with E-state index < -0.39 is 0 Å². The fourth-order valence-electron chi connectivity index (χ4n) is 1.92. The second kappa shape index (κ2) is 4.11. The lowest BCUT2D eigenvalue weighted by molar-refractivity contribution is 0.280. The quantitative estimate of drug-likeness (QED) is 0.802. The molecule has 0 radical (unpaired) electrons. The molecule has 82 valence electrons. The van der Waals surface area contributed by atoms with Crippen LogP contribution in [0, 0.1) is 0 Å². The van der Waals surface area contributed by atoms with Crippen LogP contribution in [0.25, 0.3) is 0 Å². The van der Waals surface area contributed by atoms with Gasteiger partial charge in [-0.05, 0) is 31.5 Å². The maximum atomic E-state index is 9.10. The fraction of sp³-hybridized carbons (Fsp3) is 0.500. The third-order valence-corrected chi connectivity index (χ3v) is 2.73. The largest absolute Gasteiger partial charge is 0.490 e. The molecule has 15 heavy (non-hydrogen) atoms. The van der Waals surface area contributed by atoms with Crippen LogP contribution < -0.4 is 9.64 Å². The van der Waals surface area contributed by atoms with Gasteiger partial charge in [0.05, 0.1) is 18.8 Å². The third kappa shape index (κ3) is 1.92. The molecule has 3 nitrogen and oxygen atoms in total. The SMILES string of the molecule is CC(C)N1CCOc2ccc(CO)cc21. The molecule has 0 unspecified atom stereocenters. The van der Waals surface area contributed by atoms with Gasteiger partial charge in [0, 0.05) is 6.04 Å². The van der Waals surface area contributed by atoms with E-state index in [-0.39, 0.29) is 6.61 Å². The number of hydrogen-bond acceptors (Lipinski definition) is 3. The molecular weight excluding hydrogens is 190 g/mol. The van der Waals surface area contributed by atoms with E-state index in [4.69, 9.17) is 9.84 Å². The molecule has 0 fully saturated rings. The highest BCUT2D eigenvalue weighted by Crippen LogP contribution is 2.33. The van der Waals surface area contributed by atoms with Crippen molar-refractivity contribution in [3.63, 3.8) is 0 Å². The summed E-state index contributed by atoms with van der Waals surface area (Å²) in [6.45, 7) is 6.07. The lowest BCUT2D eigenvalue weighted by Gasteiger charge is -2.34. The van der Waals surface area contributed by atoms with Gasteiger partial charge < -0.3 is 14.7 Å². The molecule has 1 aliphatic heterocycles. The molecule has 0 aromatic heterocycles. The molecule has 1 aromatic carbocycles. The second-order valence-corrected chi connectivity index (χ2v) is 4.10. The highest BCUT2D eigenvalue weighted by molar-refractivity contribution is 5.61. The molecule has 0 amide bonds. The third-order valence-electron chi connectivity index (χ3n) is 2.73. The number of anilines is 1. The molecular formula is C12H17NO2. The van der Waals surface area contributed by atoms with E-state index in [9.17, 15) is 0 Å². The van der Waals surface area contributed by atoms with Gasteiger partial charge in [-0.3, -0.25) is 0 Å². The molecule has 0 saturated heterocycles. The van der Waals surface area contributed by atoms with Gasteiger partial charge in [0.1, 0.15) is 12.4 Å². The van der Waals surface area contributed by atoms with Crippen molar-refractivity contribution >= 4 is 5.69 Å². The predicted octanol–water partition coefficient (Wildman–Crippen LogP) is 1.79. The van der Waals surface area contributed by atoms with Gasteiger partial charge in [0.2, 0.25) is 0 Å². The Morgan fingerprint density at radius 2 is 2.27 bits per heavy atom. The molecule has 1 heterocycles. The molecule has 2 rings (SSSR count). The number of nitrogens with zero attached hydrogens (tertiary/aromatic N) is 1. The normalized spacial score (nSPS) is 15.1. The van der Waals surface area contributed by atoms with Crippen LogP contribution >= 0.6 is 0 Å². The molecule has 1 aromatic rings. The first kappa shape index (κ1) is 10.3. The Balaban J connectivity index is 2.39. The van der Waals surface area contributed by atoms with Crippen molar-refractivity contribution in [1.29, 1.82) is 0 Å². The highest BCUT2D eigenvalue weighted by atomic mass is 16.5. The summed E-state index contributed by atoms with van der Waals surface area (Å²) in [6.07, 6.45) is 0. The predicted molar refractivity (Wildman–Crippen MR) is 60.3 cm³/mol. The zero-order valence-corrected chi connectivity index (χ0v) is 9.23. The second-order valence-electron chi connectivity index (χ2n) is 4.10. The standard InChI is InChI=1S/C12H17NO2/c1-9(2)13-5-6-15-12-4-3-10(8-14)7-11(12)13/h3-4,7,9,14H,5-6,8H2,1-2H3. The van der Waals surface area contributed by atoms with Crippen LogP contribution in [-0.2, 0) is 6.61 Å². The van der Waals surface area contributed by atoms with E-state index in [1.165, 1.54) is 0 Å². The van der Waals surface area contributed by atoms with Crippen molar-refractivity contribution in [3.05, 3.63) is 23.8 Å². The van der Waals surface area contributed by atoms with Crippen LogP contribution in [0.1, 0.15) is 19.4 Å². The summed E-state index contributed by atoms with van der Waals surface area (Å²) in [4.78, 5) is 2.30. The maximum Gasteiger partial charge on any atom is 0.142 e. The Labute approximate surface area is 90.3 Å². The first-order chi connectivity index (χ1) is 7.22. The number of rotatable bonds is 2. The van der Waals surface area contributed by atoms with E-state index in [2.05, 4.69) is 18.7 Å². The topological polar surface area (TPSA) is 32.7 Å². The average molecular weight is 207 g/mol. The Bertz CT molecular complexity index is 349. The van der Waals surface area contributed by atoms with E-state index in [0.29, 0.717) is 6.04 Å². The molecule has 0 bridgehead atoms. The summed E-state index contributed by atoms with van der Waals surface area (Å²) in [5.41, 5.74) is 2.03. The number of hydrogen-bond donors (Lipinski definition) is 1. The van der Waals surface area contributed by atoms with Gasteiger partial charge in [0.15, 0.2) is 0 Å². The minimum absolute atomic E-state index is 0.0826. The van der Waals surface area contributed by atoms with Gasteiger partial charge >= 0.3 is 0 Å². The van der Waals surface area contributed by atoms with E-state index in [1.807, 2.05) is 18.2 Å². The number of ether oxygens (including phenoxy) is 1. The molecule has 0 atom stereocenters. The van der Waals surface area contributed by atoms with Crippen molar-refractivity contribution in [3.8, 4) is 5.75 Å².